The maximum absolute atomic E-state index is 13.0. The summed E-state index contributed by atoms with van der Waals surface area (Å²) in [7, 11) is 3.88. The van der Waals surface area contributed by atoms with Gasteiger partial charge in [0.25, 0.3) is 11.8 Å². The third-order valence-electron chi connectivity index (χ3n) is 6.33. The predicted octanol–water partition coefficient (Wildman–Crippen LogP) is 3.69. The van der Waals surface area contributed by atoms with Crippen molar-refractivity contribution in [2.24, 2.45) is 0 Å². The zero-order chi connectivity index (χ0) is 27.9. The monoisotopic (exact) mass is 549 g/mol. The Labute approximate surface area is 232 Å². The van der Waals surface area contributed by atoms with Gasteiger partial charge in [0.2, 0.25) is 5.91 Å². The van der Waals surface area contributed by atoms with Crippen LogP contribution in [0.1, 0.15) is 32.8 Å². The quantitative estimate of drug-likeness (QED) is 0.302. The van der Waals surface area contributed by atoms with E-state index in [-0.39, 0.29) is 29.2 Å². The predicted molar refractivity (Wildman–Crippen MR) is 154 cm³/mol. The lowest BCUT2D eigenvalue weighted by Crippen LogP contribution is -2.37. The SMILES string of the molecule is Cc1cccc(Cl)c1C(=O)Nc1cn[nH]c1C(=O)N[C@@H]1CCN(c2ccc(NC(=O)/C=C/CN(C)C)cc2)C1. The minimum Gasteiger partial charge on any atom is -0.369 e. The molecule has 0 spiro atoms. The molecule has 0 aliphatic carbocycles. The minimum absolute atomic E-state index is 0.0867. The van der Waals surface area contributed by atoms with Gasteiger partial charge in [-0.1, -0.05) is 29.8 Å². The number of benzene rings is 2. The number of nitrogens with zero attached hydrogens (tertiary/aromatic N) is 3. The number of anilines is 3. The van der Waals surface area contributed by atoms with Gasteiger partial charge in [-0.25, -0.2) is 0 Å². The number of aromatic amines is 1. The lowest BCUT2D eigenvalue weighted by atomic mass is 10.1. The summed E-state index contributed by atoms with van der Waals surface area (Å²) in [5.74, 6) is -0.944. The van der Waals surface area contributed by atoms with Gasteiger partial charge in [0, 0.05) is 43.1 Å². The summed E-state index contributed by atoms with van der Waals surface area (Å²) in [6.45, 7) is 3.88. The Morgan fingerprint density at radius 2 is 1.90 bits per heavy atom. The molecule has 1 aromatic heterocycles. The molecule has 4 rings (SSSR count). The number of rotatable bonds is 9. The van der Waals surface area contributed by atoms with Crippen molar-refractivity contribution in [2.45, 2.75) is 19.4 Å². The highest BCUT2D eigenvalue weighted by Gasteiger charge is 2.26. The molecule has 39 heavy (non-hydrogen) atoms. The fourth-order valence-electron chi connectivity index (χ4n) is 4.34. The first-order valence-corrected chi connectivity index (χ1v) is 13.0. The van der Waals surface area contributed by atoms with Crippen molar-refractivity contribution >= 4 is 46.4 Å². The number of likely N-dealkylation sites (N-methyl/N-ethyl adjacent to an activating group) is 1. The normalized spacial score (nSPS) is 15.1. The van der Waals surface area contributed by atoms with E-state index in [4.69, 9.17) is 11.6 Å². The van der Waals surface area contributed by atoms with Crippen LogP contribution in [-0.2, 0) is 4.79 Å². The third-order valence-corrected chi connectivity index (χ3v) is 6.64. The van der Waals surface area contributed by atoms with E-state index in [0.29, 0.717) is 29.4 Å². The molecule has 2 heterocycles. The summed E-state index contributed by atoms with van der Waals surface area (Å²) in [6, 6.07) is 12.7. The molecule has 1 atom stereocenters. The molecule has 2 aromatic carbocycles. The van der Waals surface area contributed by atoms with Crippen LogP contribution in [0, 0.1) is 6.92 Å². The van der Waals surface area contributed by atoms with Crippen molar-refractivity contribution < 1.29 is 14.4 Å². The molecule has 0 unspecified atom stereocenters. The summed E-state index contributed by atoms with van der Waals surface area (Å²) in [4.78, 5) is 42.0. The van der Waals surface area contributed by atoms with E-state index in [1.807, 2.05) is 49.3 Å². The molecule has 1 aliphatic rings. The number of aromatic nitrogens is 2. The van der Waals surface area contributed by atoms with Gasteiger partial charge in [0.15, 0.2) is 0 Å². The number of H-pyrrole nitrogens is 1. The van der Waals surface area contributed by atoms with Gasteiger partial charge in [-0.3, -0.25) is 19.5 Å². The highest BCUT2D eigenvalue weighted by Crippen LogP contribution is 2.24. The molecule has 3 aromatic rings. The average molecular weight is 550 g/mol. The van der Waals surface area contributed by atoms with Crippen molar-refractivity contribution in [3.05, 3.63) is 82.7 Å². The van der Waals surface area contributed by atoms with E-state index >= 15 is 0 Å². The van der Waals surface area contributed by atoms with E-state index in [9.17, 15) is 14.4 Å². The van der Waals surface area contributed by atoms with Crippen molar-refractivity contribution in [3.8, 4) is 0 Å². The zero-order valence-corrected chi connectivity index (χ0v) is 22.9. The van der Waals surface area contributed by atoms with E-state index < -0.39 is 5.91 Å². The number of carbonyl (C=O) groups excluding carboxylic acids is 3. The van der Waals surface area contributed by atoms with Crippen molar-refractivity contribution in [3.63, 3.8) is 0 Å². The molecule has 0 saturated carbocycles. The Hall–Kier alpha value is -4.15. The van der Waals surface area contributed by atoms with Gasteiger partial charge in [0.1, 0.15) is 5.69 Å². The van der Waals surface area contributed by atoms with Crippen LogP contribution in [-0.4, -0.2) is 72.6 Å². The van der Waals surface area contributed by atoms with Crippen LogP contribution >= 0.6 is 11.6 Å². The number of halogens is 1. The second-order valence-corrected chi connectivity index (χ2v) is 10.1. The number of carbonyl (C=O) groups is 3. The fraction of sp³-hybridized carbons (Fsp3) is 0.286. The van der Waals surface area contributed by atoms with Crippen molar-refractivity contribution in [2.75, 3.05) is 49.3 Å². The van der Waals surface area contributed by atoms with Gasteiger partial charge >= 0.3 is 0 Å². The number of nitrogens with one attached hydrogen (secondary N) is 4. The van der Waals surface area contributed by atoms with E-state index in [1.165, 1.54) is 12.3 Å². The third kappa shape index (κ3) is 7.24. The average Bonchev–Trinajstić information content (AvgIpc) is 3.54. The Morgan fingerprint density at radius 3 is 2.62 bits per heavy atom. The first-order chi connectivity index (χ1) is 18.7. The largest absolute Gasteiger partial charge is 0.369 e. The molecular formula is C28H32ClN7O3. The Balaban J connectivity index is 1.31. The summed E-state index contributed by atoms with van der Waals surface area (Å²) >= 11 is 6.21. The highest BCUT2D eigenvalue weighted by molar-refractivity contribution is 6.34. The van der Waals surface area contributed by atoms with Crippen LogP contribution < -0.4 is 20.9 Å². The fourth-order valence-corrected chi connectivity index (χ4v) is 4.65. The van der Waals surface area contributed by atoms with Crippen LogP contribution in [0.5, 0.6) is 0 Å². The van der Waals surface area contributed by atoms with Crippen LogP contribution in [0.2, 0.25) is 5.02 Å². The summed E-state index contributed by atoms with van der Waals surface area (Å²) in [6.07, 6.45) is 5.49. The molecule has 0 radical (unpaired) electrons. The maximum Gasteiger partial charge on any atom is 0.271 e. The van der Waals surface area contributed by atoms with Crippen LogP contribution in [0.4, 0.5) is 17.1 Å². The Bertz CT molecular complexity index is 1350. The lowest BCUT2D eigenvalue weighted by Gasteiger charge is -2.19. The molecule has 1 saturated heterocycles. The molecule has 1 aliphatic heterocycles. The van der Waals surface area contributed by atoms with E-state index in [1.54, 1.807) is 25.1 Å². The standard InChI is InChI=1S/C28H32ClN7O3/c1-18-6-4-7-22(29)25(18)27(38)33-23-16-30-34-26(23)28(39)32-20-13-15-36(17-20)21-11-9-19(10-12-21)31-24(37)8-5-14-35(2)3/h4-12,16,20H,13-15,17H2,1-3H3,(H,30,34)(H,31,37)(H,32,39)(H,33,38)/b8-5+/t20-/m1/s1. The topological polar surface area (TPSA) is 122 Å². The molecule has 204 valence electrons. The maximum atomic E-state index is 13.0. The molecule has 1 fully saturated rings. The summed E-state index contributed by atoms with van der Waals surface area (Å²) < 4.78 is 0. The smallest absolute Gasteiger partial charge is 0.271 e. The Kier molecular flexibility index (Phi) is 9.00. The Morgan fingerprint density at radius 1 is 1.13 bits per heavy atom. The molecule has 3 amide bonds. The van der Waals surface area contributed by atoms with Gasteiger partial charge in [-0.2, -0.15) is 5.10 Å². The minimum atomic E-state index is -0.412. The van der Waals surface area contributed by atoms with Gasteiger partial charge in [-0.15, -0.1) is 0 Å². The first-order valence-electron chi connectivity index (χ1n) is 12.6. The summed E-state index contributed by atoms with van der Waals surface area (Å²) in [5, 5.41) is 15.6. The first kappa shape index (κ1) is 27.9. The molecular weight excluding hydrogens is 518 g/mol. The molecule has 4 N–H and O–H groups in total. The van der Waals surface area contributed by atoms with Crippen LogP contribution in [0.3, 0.4) is 0 Å². The number of amides is 3. The number of hydrogen-bond donors (Lipinski definition) is 4. The van der Waals surface area contributed by atoms with Crippen LogP contribution in [0.25, 0.3) is 0 Å². The van der Waals surface area contributed by atoms with Crippen molar-refractivity contribution in [1.82, 2.24) is 20.4 Å². The van der Waals surface area contributed by atoms with Gasteiger partial charge in [-0.05, 0) is 63.3 Å². The van der Waals surface area contributed by atoms with Crippen molar-refractivity contribution in [1.29, 1.82) is 0 Å². The molecule has 11 heteroatoms. The second-order valence-electron chi connectivity index (χ2n) is 9.65. The van der Waals surface area contributed by atoms with Crippen LogP contribution in [0.15, 0.2) is 60.8 Å². The molecule has 0 bridgehead atoms. The van der Waals surface area contributed by atoms with Gasteiger partial charge in [0.05, 0.1) is 22.5 Å². The zero-order valence-electron chi connectivity index (χ0n) is 22.1. The van der Waals surface area contributed by atoms with E-state index in [0.717, 1.165) is 24.2 Å². The van der Waals surface area contributed by atoms with E-state index in [2.05, 4.69) is 31.0 Å². The summed E-state index contributed by atoms with van der Waals surface area (Å²) in [5.41, 5.74) is 3.24. The lowest BCUT2D eigenvalue weighted by molar-refractivity contribution is -0.111. The van der Waals surface area contributed by atoms with Gasteiger partial charge < -0.3 is 25.8 Å². The highest BCUT2D eigenvalue weighted by atomic mass is 35.5. The number of hydrogen-bond acceptors (Lipinski definition) is 6. The second kappa shape index (κ2) is 12.6. The molecule has 10 nitrogen and oxygen atoms in total. The number of aryl methyl sites for hydroxylation is 1.